The summed E-state index contributed by atoms with van der Waals surface area (Å²) in [6.45, 7) is 0.681. The fraction of sp³-hybridized carbons (Fsp3) is 0.111. The summed E-state index contributed by atoms with van der Waals surface area (Å²) in [7, 11) is 0. The van der Waals surface area contributed by atoms with E-state index in [9.17, 15) is 4.79 Å². The molecule has 0 saturated heterocycles. The minimum atomic E-state index is -0.331. The second-order valence-electron chi connectivity index (χ2n) is 5.09. The van der Waals surface area contributed by atoms with Crippen LogP contribution in [0.25, 0.3) is 5.69 Å². The maximum Gasteiger partial charge on any atom is 0.292 e. The summed E-state index contributed by atoms with van der Waals surface area (Å²) < 4.78 is 1.30. The topological polar surface area (TPSA) is 46.9 Å². The smallest absolute Gasteiger partial charge is 0.292 e. The van der Waals surface area contributed by atoms with Gasteiger partial charge in [0.2, 0.25) is 0 Å². The molecule has 0 bridgehead atoms. The minimum absolute atomic E-state index is 0.150. The lowest BCUT2D eigenvalue weighted by Gasteiger charge is -2.10. The Labute approximate surface area is 139 Å². The van der Waals surface area contributed by atoms with Crippen LogP contribution in [0.4, 0.5) is 5.69 Å². The summed E-state index contributed by atoms with van der Waals surface area (Å²) in [4.78, 5) is 12.4. The molecule has 0 aliphatic heterocycles. The monoisotopic (exact) mass is 325 g/mol. The lowest BCUT2D eigenvalue weighted by atomic mass is 10.1. The molecule has 0 aliphatic rings. The molecule has 0 atom stereocenters. The minimum Gasteiger partial charge on any atom is -0.382 e. The largest absolute Gasteiger partial charge is 0.382 e. The van der Waals surface area contributed by atoms with Gasteiger partial charge in [-0.15, -0.1) is 0 Å². The number of rotatable bonds is 5. The maximum atomic E-state index is 12.4. The molecule has 1 N–H and O–H groups in total. The molecule has 0 amide bonds. The van der Waals surface area contributed by atoms with Crippen LogP contribution in [0.1, 0.15) is 5.56 Å². The number of halogens is 1. The van der Waals surface area contributed by atoms with Crippen molar-refractivity contribution in [3.8, 4) is 5.69 Å². The summed E-state index contributed by atoms with van der Waals surface area (Å²) in [5.74, 6) is 0. The van der Waals surface area contributed by atoms with Crippen LogP contribution in [0.15, 0.2) is 71.7 Å². The Hall–Kier alpha value is -2.59. The average molecular weight is 326 g/mol. The third-order valence-corrected chi connectivity index (χ3v) is 3.86. The number of hydrogen-bond donors (Lipinski definition) is 1. The SMILES string of the molecule is O=c1c(Cl)c(NCCc2ccccc2)cnn1-c1ccccc1. The van der Waals surface area contributed by atoms with Crippen molar-refractivity contribution in [1.29, 1.82) is 0 Å². The number of benzene rings is 2. The van der Waals surface area contributed by atoms with Gasteiger partial charge in [0, 0.05) is 6.54 Å². The van der Waals surface area contributed by atoms with E-state index >= 15 is 0 Å². The highest BCUT2D eigenvalue weighted by Gasteiger charge is 2.10. The van der Waals surface area contributed by atoms with Crippen LogP contribution in [0, 0.1) is 0 Å². The van der Waals surface area contributed by atoms with Gasteiger partial charge >= 0.3 is 0 Å². The quantitative estimate of drug-likeness (QED) is 0.780. The van der Waals surface area contributed by atoms with Crippen LogP contribution in [0.2, 0.25) is 5.02 Å². The molecule has 0 fully saturated rings. The Morgan fingerprint density at radius 2 is 1.65 bits per heavy atom. The van der Waals surface area contributed by atoms with Gasteiger partial charge in [-0.1, -0.05) is 60.1 Å². The van der Waals surface area contributed by atoms with Gasteiger partial charge in [-0.3, -0.25) is 4.79 Å². The van der Waals surface area contributed by atoms with E-state index in [0.29, 0.717) is 17.9 Å². The van der Waals surface area contributed by atoms with Crippen molar-refractivity contribution in [1.82, 2.24) is 9.78 Å². The second kappa shape index (κ2) is 7.11. The van der Waals surface area contributed by atoms with E-state index < -0.39 is 0 Å². The summed E-state index contributed by atoms with van der Waals surface area (Å²) in [5.41, 5.74) is 2.14. The number of nitrogens with one attached hydrogen (secondary N) is 1. The average Bonchev–Trinajstić information content (AvgIpc) is 2.60. The van der Waals surface area contributed by atoms with Crippen LogP contribution < -0.4 is 10.9 Å². The normalized spacial score (nSPS) is 10.5. The van der Waals surface area contributed by atoms with Gasteiger partial charge in [0.15, 0.2) is 0 Å². The second-order valence-corrected chi connectivity index (χ2v) is 5.47. The highest BCUT2D eigenvalue weighted by Crippen LogP contribution is 2.16. The fourth-order valence-corrected chi connectivity index (χ4v) is 2.49. The molecule has 0 unspecified atom stereocenters. The molecule has 4 nitrogen and oxygen atoms in total. The summed E-state index contributed by atoms with van der Waals surface area (Å²) in [5, 5.41) is 7.52. The Morgan fingerprint density at radius 1 is 1.00 bits per heavy atom. The van der Waals surface area contributed by atoms with Crippen molar-refractivity contribution in [2.24, 2.45) is 0 Å². The summed E-state index contributed by atoms with van der Waals surface area (Å²) >= 11 is 6.19. The molecule has 1 heterocycles. The van der Waals surface area contributed by atoms with Crippen LogP contribution in [0.5, 0.6) is 0 Å². The molecule has 2 aromatic carbocycles. The van der Waals surface area contributed by atoms with Gasteiger partial charge in [-0.2, -0.15) is 9.78 Å². The number of anilines is 1. The van der Waals surface area contributed by atoms with Crippen molar-refractivity contribution < 1.29 is 0 Å². The molecule has 0 spiro atoms. The Morgan fingerprint density at radius 3 is 2.35 bits per heavy atom. The van der Waals surface area contributed by atoms with Crippen molar-refractivity contribution in [3.05, 3.63) is 87.8 Å². The third kappa shape index (κ3) is 3.60. The highest BCUT2D eigenvalue weighted by molar-refractivity contribution is 6.32. The van der Waals surface area contributed by atoms with E-state index in [1.54, 1.807) is 6.20 Å². The van der Waals surface area contributed by atoms with Gasteiger partial charge < -0.3 is 5.32 Å². The van der Waals surface area contributed by atoms with Gasteiger partial charge in [0.1, 0.15) is 5.02 Å². The lowest BCUT2D eigenvalue weighted by molar-refractivity contribution is 0.806. The molecule has 0 radical (unpaired) electrons. The molecule has 23 heavy (non-hydrogen) atoms. The number of para-hydroxylation sites is 1. The molecule has 3 aromatic rings. The fourth-order valence-electron chi connectivity index (χ4n) is 2.30. The predicted octanol–water partition coefficient (Wildman–Crippen LogP) is 3.54. The van der Waals surface area contributed by atoms with Crippen molar-refractivity contribution in [2.75, 3.05) is 11.9 Å². The van der Waals surface area contributed by atoms with E-state index in [0.717, 1.165) is 6.42 Å². The van der Waals surface area contributed by atoms with Crippen LogP contribution in [0.3, 0.4) is 0 Å². The van der Waals surface area contributed by atoms with E-state index in [4.69, 9.17) is 11.6 Å². The number of hydrogen-bond acceptors (Lipinski definition) is 3. The van der Waals surface area contributed by atoms with Gasteiger partial charge in [0.25, 0.3) is 5.56 Å². The Balaban J connectivity index is 1.74. The lowest BCUT2D eigenvalue weighted by Crippen LogP contribution is -2.23. The standard InChI is InChI=1S/C18H16ClN3O/c19-17-16(20-12-11-14-7-3-1-4-8-14)13-21-22(18(17)23)15-9-5-2-6-10-15/h1-10,13,20H,11-12H2. The van der Waals surface area contributed by atoms with Crippen molar-refractivity contribution >= 4 is 17.3 Å². The van der Waals surface area contributed by atoms with Crippen LogP contribution in [-0.4, -0.2) is 16.3 Å². The highest BCUT2D eigenvalue weighted by atomic mass is 35.5. The van der Waals surface area contributed by atoms with E-state index in [1.165, 1.54) is 10.2 Å². The zero-order chi connectivity index (χ0) is 16.1. The zero-order valence-corrected chi connectivity index (χ0v) is 13.2. The molecule has 3 rings (SSSR count). The summed E-state index contributed by atoms with van der Waals surface area (Å²) in [6, 6.07) is 19.3. The first-order chi connectivity index (χ1) is 11.3. The zero-order valence-electron chi connectivity index (χ0n) is 12.4. The van der Waals surface area contributed by atoms with Crippen LogP contribution in [-0.2, 0) is 6.42 Å². The Kier molecular flexibility index (Phi) is 4.74. The first-order valence-electron chi connectivity index (χ1n) is 7.37. The molecular weight excluding hydrogens is 310 g/mol. The molecule has 5 heteroatoms. The van der Waals surface area contributed by atoms with Crippen molar-refractivity contribution in [2.45, 2.75) is 6.42 Å². The molecule has 116 valence electrons. The number of nitrogens with zero attached hydrogens (tertiary/aromatic N) is 2. The van der Waals surface area contributed by atoms with Gasteiger partial charge in [-0.25, -0.2) is 0 Å². The van der Waals surface area contributed by atoms with E-state index in [-0.39, 0.29) is 10.6 Å². The Bertz CT molecular complexity index is 832. The first kappa shape index (κ1) is 15.3. The van der Waals surface area contributed by atoms with Gasteiger partial charge in [0.05, 0.1) is 17.6 Å². The van der Waals surface area contributed by atoms with Gasteiger partial charge in [-0.05, 0) is 24.1 Å². The number of aromatic nitrogens is 2. The molecule has 0 saturated carbocycles. The van der Waals surface area contributed by atoms with Crippen LogP contribution >= 0.6 is 11.6 Å². The maximum absolute atomic E-state index is 12.4. The van der Waals surface area contributed by atoms with Crippen molar-refractivity contribution in [3.63, 3.8) is 0 Å². The first-order valence-corrected chi connectivity index (χ1v) is 7.74. The molecule has 1 aromatic heterocycles. The summed E-state index contributed by atoms with van der Waals surface area (Å²) in [6.07, 6.45) is 2.43. The molecular formula is C18H16ClN3O. The third-order valence-electron chi connectivity index (χ3n) is 3.49. The van der Waals surface area contributed by atoms with E-state index in [1.807, 2.05) is 48.5 Å². The predicted molar refractivity (Wildman–Crippen MR) is 93.5 cm³/mol. The molecule has 0 aliphatic carbocycles. The van der Waals surface area contributed by atoms with E-state index in [2.05, 4.69) is 22.5 Å².